The third-order valence-corrected chi connectivity index (χ3v) is 4.96. The zero-order valence-corrected chi connectivity index (χ0v) is 17.0. The second-order valence-corrected chi connectivity index (χ2v) is 7.97. The average molecular weight is 394 g/mol. The third-order valence-electron chi connectivity index (χ3n) is 4.96. The maximum Gasteiger partial charge on any atom is 0.306 e. The van der Waals surface area contributed by atoms with Crippen LogP contribution in [-0.2, 0) is 14.3 Å². The number of anilines is 1. The number of aliphatic hydroxyl groups is 1. The Morgan fingerprint density at radius 2 is 2.07 bits per heavy atom. The first kappa shape index (κ1) is 22.1. The molecule has 1 saturated heterocycles. The summed E-state index contributed by atoms with van der Waals surface area (Å²) in [7, 11) is 1.32. The SMILES string of the molecule is COC(=O)CC(C)c1ccc(N(CC(C)(C)O)C2CCOCC2)c([N+](=O)[O-])c1. The number of hydrogen-bond acceptors (Lipinski definition) is 7. The molecule has 0 radical (unpaired) electrons. The number of ether oxygens (including phenoxy) is 2. The van der Waals surface area contributed by atoms with Crippen molar-refractivity contribution in [1.29, 1.82) is 0 Å². The highest BCUT2D eigenvalue weighted by Gasteiger charge is 2.31. The van der Waals surface area contributed by atoms with Gasteiger partial charge in [-0.2, -0.15) is 0 Å². The summed E-state index contributed by atoms with van der Waals surface area (Å²) in [5.41, 5.74) is 0.150. The Kier molecular flexibility index (Phi) is 7.37. The molecule has 156 valence electrons. The summed E-state index contributed by atoms with van der Waals surface area (Å²) in [5, 5.41) is 22.2. The quantitative estimate of drug-likeness (QED) is 0.411. The molecule has 1 atom stereocenters. The van der Waals surface area contributed by atoms with Crippen molar-refractivity contribution < 1.29 is 24.3 Å². The van der Waals surface area contributed by atoms with Crippen LogP contribution in [0.25, 0.3) is 0 Å². The van der Waals surface area contributed by atoms with Crippen molar-refractivity contribution >= 4 is 17.3 Å². The molecule has 1 aromatic carbocycles. The smallest absolute Gasteiger partial charge is 0.306 e. The van der Waals surface area contributed by atoms with Crippen LogP contribution in [0.1, 0.15) is 51.5 Å². The maximum atomic E-state index is 11.8. The molecule has 8 heteroatoms. The van der Waals surface area contributed by atoms with E-state index in [4.69, 9.17) is 9.47 Å². The third kappa shape index (κ3) is 5.90. The molecule has 1 aliphatic rings. The molecule has 1 fully saturated rings. The van der Waals surface area contributed by atoms with Crippen LogP contribution in [0.4, 0.5) is 11.4 Å². The molecule has 8 nitrogen and oxygen atoms in total. The molecule has 0 amide bonds. The van der Waals surface area contributed by atoms with Crippen LogP contribution in [0, 0.1) is 10.1 Å². The lowest BCUT2D eigenvalue weighted by Crippen LogP contribution is -2.47. The number of carbonyl (C=O) groups is 1. The van der Waals surface area contributed by atoms with Gasteiger partial charge in [0.1, 0.15) is 5.69 Å². The van der Waals surface area contributed by atoms with Gasteiger partial charge in [-0.1, -0.05) is 13.0 Å². The highest BCUT2D eigenvalue weighted by Crippen LogP contribution is 2.36. The molecule has 0 aliphatic carbocycles. The van der Waals surface area contributed by atoms with E-state index in [1.807, 2.05) is 17.9 Å². The Bertz CT molecular complexity index is 694. The summed E-state index contributed by atoms with van der Waals surface area (Å²) in [6.45, 7) is 6.68. The van der Waals surface area contributed by atoms with Crippen LogP contribution >= 0.6 is 0 Å². The van der Waals surface area contributed by atoms with Crippen molar-refractivity contribution in [3.63, 3.8) is 0 Å². The van der Waals surface area contributed by atoms with Gasteiger partial charge in [0.15, 0.2) is 0 Å². The van der Waals surface area contributed by atoms with E-state index < -0.39 is 10.5 Å². The zero-order valence-electron chi connectivity index (χ0n) is 17.0. The van der Waals surface area contributed by atoms with Crippen molar-refractivity contribution in [3.8, 4) is 0 Å². The van der Waals surface area contributed by atoms with Crippen molar-refractivity contribution in [2.75, 3.05) is 31.8 Å². The molecule has 1 aromatic rings. The summed E-state index contributed by atoms with van der Waals surface area (Å²) < 4.78 is 10.1. The van der Waals surface area contributed by atoms with Gasteiger partial charge in [0.25, 0.3) is 5.69 Å². The van der Waals surface area contributed by atoms with E-state index in [9.17, 15) is 20.0 Å². The fourth-order valence-corrected chi connectivity index (χ4v) is 3.51. The van der Waals surface area contributed by atoms with Gasteiger partial charge in [0.2, 0.25) is 0 Å². The number of nitro groups is 1. The topological polar surface area (TPSA) is 102 Å². The molecular weight excluding hydrogens is 364 g/mol. The second kappa shape index (κ2) is 9.34. The van der Waals surface area contributed by atoms with E-state index in [0.717, 1.165) is 12.8 Å². The van der Waals surface area contributed by atoms with Crippen LogP contribution in [0.2, 0.25) is 0 Å². The van der Waals surface area contributed by atoms with Crippen LogP contribution in [-0.4, -0.2) is 54.5 Å². The van der Waals surface area contributed by atoms with E-state index in [-0.39, 0.29) is 36.6 Å². The lowest BCUT2D eigenvalue weighted by atomic mass is 9.95. The number of carbonyl (C=O) groups excluding carboxylic acids is 1. The Labute approximate surface area is 165 Å². The molecule has 28 heavy (non-hydrogen) atoms. The Hall–Kier alpha value is -2.19. The molecule has 1 N–H and O–H groups in total. The summed E-state index contributed by atoms with van der Waals surface area (Å²) in [6, 6.07) is 5.12. The van der Waals surface area contributed by atoms with Crippen LogP contribution in [0.5, 0.6) is 0 Å². The average Bonchev–Trinajstić information content (AvgIpc) is 2.65. The summed E-state index contributed by atoms with van der Waals surface area (Å²) >= 11 is 0. The van der Waals surface area contributed by atoms with Gasteiger partial charge in [0.05, 0.1) is 24.1 Å². The van der Waals surface area contributed by atoms with E-state index >= 15 is 0 Å². The van der Waals surface area contributed by atoms with Crippen LogP contribution in [0.15, 0.2) is 18.2 Å². The van der Waals surface area contributed by atoms with E-state index in [1.165, 1.54) is 13.2 Å². The standard InChI is InChI=1S/C20H30N2O6/c1-14(11-19(23)27-4)15-5-6-17(18(12-15)22(25)26)21(13-20(2,3)24)16-7-9-28-10-8-16/h5-6,12,14,16,24H,7-11,13H2,1-4H3. The molecule has 0 aromatic heterocycles. The molecule has 0 bridgehead atoms. The fraction of sp³-hybridized carbons (Fsp3) is 0.650. The molecular formula is C20H30N2O6. The summed E-state index contributed by atoms with van der Waals surface area (Å²) in [5.74, 6) is -0.559. The largest absolute Gasteiger partial charge is 0.469 e. The Morgan fingerprint density at radius 1 is 1.43 bits per heavy atom. The van der Waals surface area contributed by atoms with E-state index in [2.05, 4.69) is 0 Å². The van der Waals surface area contributed by atoms with Crippen molar-refractivity contribution in [1.82, 2.24) is 0 Å². The molecule has 1 heterocycles. The lowest BCUT2D eigenvalue weighted by Gasteiger charge is -2.39. The number of nitrogens with zero attached hydrogens (tertiary/aromatic N) is 2. The normalized spacial score (nSPS) is 16.5. The van der Waals surface area contributed by atoms with Crippen molar-refractivity contribution in [2.45, 2.75) is 57.6 Å². The van der Waals surface area contributed by atoms with Crippen molar-refractivity contribution in [3.05, 3.63) is 33.9 Å². The number of benzene rings is 1. The van der Waals surface area contributed by atoms with E-state index in [0.29, 0.717) is 24.5 Å². The highest BCUT2D eigenvalue weighted by molar-refractivity contribution is 5.71. The number of methoxy groups -OCH3 is 1. The number of nitro benzene ring substituents is 1. The Balaban J connectivity index is 2.41. The predicted octanol–water partition coefficient (Wildman–Crippen LogP) is 3.02. The van der Waals surface area contributed by atoms with Crippen molar-refractivity contribution in [2.24, 2.45) is 0 Å². The van der Waals surface area contributed by atoms with Gasteiger partial charge >= 0.3 is 5.97 Å². The number of esters is 1. The first-order valence-corrected chi connectivity index (χ1v) is 9.54. The van der Waals surface area contributed by atoms with E-state index in [1.54, 1.807) is 19.9 Å². The number of hydrogen-bond donors (Lipinski definition) is 1. The van der Waals surface area contributed by atoms with Gasteiger partial charge in [-0.25, -0.2) is 0 Å². The van der Waals surface area contributed by atoms with Crippen LogP contribution < -0.4 is 4.90 Å². The Morgan fingerprint density at radius 3 is 2.61 bits per heavy atom. The highest BCUT2D eigenvalue weighted by atomic mass is 16.6. The first-order valence-electron chi connectivity index (χ1n) is 9.54. The zero-order chi connectivity index (χ0) is 20.9. The lowest BCUT2D eigenvalue weighted by molar-refractivity contribution is -0.384. The summed E-state index contributed by atoms with van der Waals surface area (Å²) in [6.07, 6.45) is 1.64. The maximum absolute atomic E-state index is 11.8. The molecule has 0 saturated carbocycles. The van der Waals surface area contributed by atoms with Gasteiger partial charge in [0, 0.05) is 31.9 Å². The van der Waals surface area contributed by atoms with Gasteiger partial charge < -0.3 is 19.5 Å². The van der Waals surface area contributed by atoms with Crippen LogP contribution in [0.3, 0.4) is 0 Å². The molecule has 2 rings (SSSR count). The fourth-order valence-electron chi connectivity index (χ4n) is 3.51. The van der Waals surface area contributed by atoms with Gasteiger partial charge in [-0.15, -0.1) is 0 Å². The summed E-state index contributed by atoms with van der Waals surface area (Å²) in [4.78, 5) is 24.9. The molecule has 1 unspecified atom stereocenters. The minimum Gasteiger partial charge on any atom is -0.469 e. The number of rotatable bonds is 8. The second-order valence-electron chi connectivity index (χ2n) is 7.97. The van der Waals surface area contributed by atoms with Gasteiger partial charge in [-0.3, -0.25) is 14.9 Å². The monoisotopic (exact) mass is 394 g/mol. The molecule has 0 spiro atoms. The van der Waals surface area contributed by atoms with Gasteiger partial charge in [-0.05, 0) is 44.2 Å². The predicted molar refractivity (Wildman–Crippen MR) is 106 cm³/mol. The first-order chi connectivity index (χ1) is 13.1. The minimum atomic E-state index is -1.01. The minimum absolute atomic E-state index is 0.0232. The molecule has 1 aliphatic heterocycles.